The van der Waals surface area contributed by atoms with Crippen LogP contribution >= 0.6 is 0 Å². The van der Waals surface area contributed by atoms with Gasteiger partial charge in [0.05, 0.1) is 12.1 Å². The van der Waals surface area contributed by atoms with Gasteiger partial charge in [0.1, 0.15) is 0 Å². The van der Waals surface area contributed by atoms with Gasteiger partial charge >= 0.3 is 0 Å². The van der Waals surface area contributed by atoms with E-state index >= 15 is 0 Å². The maximum Gasteiger partial charge on any atom is 0.240 e. The number of amides is 1. The molecule has 4 nitrogen and oxygen atoms in total. The van der Waals surface area contributed by atoms with Crippen LogP contribution in [0.4, 0.5) is 0 Å². The molecule has 2 saturated carbocycles. The van der Waals surface area contributed by atoms with Crippen molar-refractivity contribution >= 4 is 5.91 Å². The van der Waals surface area contributed by atoms with Crippen molar-refractivity contribution < 1.29 is 9.90 Å². The Bertz CT molecular complexity index is 324. The number of carbonyl (C=O) groups excluding carboxylic acids is 1. The van der Waals surface area contributed by atoms with Crippen LogP contribution in [-0.2, 0) is 4.79 Å². The van der Waals surface area contributed by atoms with Crippen LogP contribution in [0.5, 0.6) is 0 Å². The van der Waals surface area contributed by atoms with E-state index in [0.717, 1.165) is 6.54 Å². The molecule has 1 aliphatic heterocycles. The monoisotopic (exact) mass is 266 g/mol. The van der Waals surface area contributed by atoms with Crippen molar-refractivity contribution in [2.24, 2.45) is 5.92 Å². The molecule has 0 aromatic rings. The molecule has 0 spiro atoms. The predicted molar refractivity (Wildman–Crippen MR) is 73.7 cm³/mol. The van der Waals surface area contributed by atoms with Crippen LogP contribution in [-0.4, -0.2) is 47.2 Å². The van der Waals surface area contributed by atoms with Gasteiger partial charge in [-0.3, -0.25) is 4.79 Å². The fraction of sp³-hybridized carbons (Fsp3) is 0.933. The first-order chi connectivity index (χ1) is 9.24. The lowest BCUT2D eigenvalue weighted by Gasteiger charge is -2.31. The molecule has 4 heteroatoms. The first-order valence-corrected chi connectivity index (χ1v) is 7.96. The number of aliphatic hydroxyl groups is 1. The smallest absolute Gasteiger partial charge is 0.240 e. The molecule has 0 radical (unpaired) electrons. The summed E-state index contributed by atoms with van der Waals surface area (Å²) in [6, 6.07) is 0.355. The normalized spacial score (nSPS) is 32.5. The Morgan fingerprint density at radius 1 is 1.16 bits per heavy atom. The summed E-state index contributed by atoms with van der Waals surface area (Å²) < 4.78 is 0. The molecular formula is C15H26N2O2. The second-order valence-electron chi connectivity index (χ2n) is 6.58. The lowest BCUT2D eigenvalue weighted by molar-refractivity contribution is -0.134. The summed E-state index contributed by atoms with van der Waals surface area (Å²) in [6.45, 7) is 1.52. The maximum atomic E-state index is 12.6. The Hall–Kier alpha value is -0.610. The Labute approximate surface area is 115 Å². The SMILES string of the molecule is O=C(C1CC(O)CN1)N(CC1CCCCC1)C1CC1. The zero-order chi connectivity index (χ0) is 13.2. The number of hydrogen-bond acceptors (Lipinski definition) is 3. The molecule has 3 fully saturated rings. The standard InChI is InChI=1S/C15H26N2O2/c18-13-8-14(16-9-13)15(19)17(12-6-7-12)10-11-4-2-1-3-5-11/h11-14,16,18H,1-10H2. The van der Waals surface area contributed by atoms with Gasteiger partial charge in [-0.05, 0) is 38.0 Å². The summed E-state index contributed by atoms with van der Waals surface area (Å²) in [6.07, 6.45) is 9.20. The number of hydrogen-bond donors (Lipinski definition) is 2. The molecule has 2 unspecified atom stereocenters. The van der Waals surface area contributed by atoms with Gasteiger partial charge in [-0.25, -0.2) is 0 Å². The molecule has 0 bridgehead atoms. The molecule has 1 amide bonds. The first-order valence-electron chi connectivity index (χ1n) is 7.96. The number of rotatable bonds is 4. The van der Waals surface area contributed by atoms with E-state index in [1.807, 2.05) is 0 Å². The van der Waals surface area contributed by atoms with E-state index in [-0.39, 0.29) is 18.1 Å². The Morgan fingerprint density at radius 2 is 1.89 bits per heavy atom. The second kappa shape index (κ2) is 5.80. The van der Waals surface area contributed by atoms with Crippen molar-refractivity contribution in [3.05, 3.63) is 0 Å². The molecule has 2 N–H and O–H groups in total. The zero-order valence-corrected chi connectivity index (χ0v) is 11.7. The molecule has 0 aromatic carbocycles. The van der Waals surface area contributed by atoms with Crippen LogP contribution < -0.4 is 5.32 Å². The molecule has 1 saturated heterocycles. The van der Waals surface area contributed by atoms with E-state index in [4.69, 9.17) is 0 Å². The van der Waals surface area contributed by atoms with Gasteiger partial charge in [-0.1, -0.05) is 19.3 Å². The van der Waals surface area contributed by atoms with E-state index in [1.54, 1.807) is 0 Å². The highest BCUT2D eigenvalue weighted by atomic mass is 16.3. The number of aliphatic hydroxyl groups excluding tert-OH is 1. The molecule has 0 aromatic heterocycles. The van der Waals surface area contributed by atoms with Crippen LogP contribution in [0.3, 0.4) is 0 Å². The summed E-state index contributed by atoms with van der Waals surface area (Å²) in [7, 11) is 0. The third kappa shape index (κ3) is 3.29. The summed E-state index contributed by atoms with van der Waals surface area (Å²) in [4.78, 5) is 14.7. The van der Waals surface area contributed by atoms with Gasteiger partial charge in [0.15, 0.2) is 0 Å². The van der Waals surface area contributed by atoms with Gasteiger partial charge in [-0.2, -0.15) is 0 Å². The predicted octanol–water partition coefficient (Wildman–Crippen LogP) is 1.28. The molecule has 3 rings (SSSR count). The van der Waals surface area contributed by atoms with E-state index < -0.39 is 0 Å². The molecule has 2 aliphatic carbocycles. The Balaban J connectivity index is 1.58. The number of carbonyl (C=O) groups is 1. The van der Waals surface area contributed by atoms with Crippen LogP contribution in [0.15, 0.2) is 0 Å². The minimum atomic E-state index is -0.343. The maximum absolute atomic E-state index is 12.6. The molecule has 2 atom stereocenters. The van der Waals surface area contributed by atoms with Gasteiger partial charge < -0.3 is 15.3 Å². The number of β-amino-alcohol motifs (C(OH)–C–C–N with tert-alkyl or cyclic N) is 1. The van der Waals surface area contributed by atoms with Gasteiger partial charge in [0.2, 0.25) is 5.91 Å². The number of nitrogens with zero attached hydrogens (tertiary/aromatic N) is 1. The van der Waals surface area contributed by atoms with E-state index in [2.05, 4.69) is 10.2 Å². The quantitative estimate of drug-likeness (QED) is 0.806. The molecule has 108 valence electrons. The van der Waals surface area contributed by atoms with Crippen LogP contribution in [0, 0.1) is 5.92 Å². The largest absolute Gasteiger partial charge is 0.392 e. The fourth-order valence-corrected chi connectivity index (χ4v) is 3.56. The van der Waals surface area contributed by atoms with Gasteiger partial charge in [0, 0.05) is 19.1 Å². The summed E-state index contributed by atoms with van der Waals surface area (Å²) in [5.41, 5.74) is 0. The minimum absolute atomic E-state index is 0.140. The lowest BCUT2D eigenvalue weighted by atomic mass is 9.88. The third-order valence-electron chi connectivity index (χ3n) is 4.86. The van der Waals surface area contributed by atoms with Crippen molar-refractivity contribution in [3.63, 3.8) is 0 Å². The van der Waals surface area contributed by atoms with Crippen molar-refractivity contribution in [3.8, 4) is 0 Å². The van der Waals surface area contributed by atoms with Crippen LogP contribution in [0.25, 0.3) is 0 Å². The first kappa shape index (κ1) is 13.4. The zero-order valence-electron chi connectivity index (χ0n) is 11.7. The Kier molecular flexibility index (Phi) is 4.08. The van der Waals surface area contributed by atoms with Gasteiger partial charge in [0.25, 0.3) is 0 Å². The summed E-state index contributed by atoms with van der Waals surface area (Å²) in [5, 5.41) is 12.7. The second-order valence-corrected chi connectivity index (χ2v) is 6.58. The minimum Gasteiger partial charge on any atom is -0.392 e. The van der Waals surface area contributed by atoms with Crippen molar-refractivity contribution in [2.75, 3.05) is 13.1 Å². The molecule has 3 aliphatic rings. The molecule has 19 heavy (non-hydrogen) atoms. The van der Waals surface area contributed by atoms with Gasteiger partial charge in [-0.15, -0.1) is 0 Å². The highest BCUT2D eigenvalue weighted by molar-refractivity contribution is 5.83. The summed E-state index contributed by atoms with van der Waals surface area (Å²) >= 11 is 0. The van der Waals surface area contributed by atoms with Crippen molar-refractivity contribution in [1.29, 1.82) is 0 Å². The fourth-order valence-electron chi connectivity index (χ4n) is 3.56. The van der Waals surface area contributed by atoms with E-state index in [9.17, 15) is 9.90 Å². The van der Waals surface area contributed by atoms with Crippen molar-refractivity contribution in [2.45, 2.75) is 69.6 Å². The third-order valence-corrected chi connectivity index (χ3v) is 4.86. The molecular weight excluding hydrogens is 240 g/mol. The van der Waals surface area contributed by atoms with Crippen LogP contribution in [0.1, 0.15) is 51.4 Å². The highest BCUT2D eigenvalue weighted by Crippen LogP contribution is 2.32. The average molecular weight is 266 g/mol. The van der Waals surface area contributed by atoms with E-state index in [1.165, 1.54) is 44.9 Å². The highest BCUT2D eigenvalue weighted by Gasteiger charge is 2.39. The lowest BCUT2D eigenvalue weighted by Crippen LogP contribution is -2.46. The van der Waals surface area contributed by atoms with E-state index in [0.29, 0.717) is 24.9 Å². The molecule has 1 heterocycles. The topological polar surface area (TPSA) is 52.6 Å². The Morgan fingerprint density at radius 3 is 2.47 bits per heavy atom. The summed E-state index contributed by atoms with van der Waals surface area (Å²) in [5.74, 6) is 0.953. The van der Waals surface area contributed by atoms with Crippen LogP contribution in [0.2, 0.25) is 0 Å². The van der Waals surface area contributed by atoms with Crippen molar-refractivity contribution in [1.82, 2.24) is 10.2 Å². The average Bonchev–Trinajstić information content (AvgIpc) is 3.18. The number of nitrogens with one attached hydrogen (secondary N) is 1.